The third-order valence-corrected chi connectivity index (χ3v) is 2.44. The second-order valence-electron chi connectivity index (χ2n) is 3.74. The molecule has 1 fully saturated rings. The van der Waals surface area contributed by atoms with Gasteiger partial charge in [0, 0.05) is 20.2 Å². The van der Waals surface area contributed by atoms with E-state index in [9.17, 15) is 5.11 Å². The lowest BCUT2D eigenvalue weighted by molar-refractivity contribution is -0.0411. The zero-order valence-corrected chi connectivity index (χ0v) is 8.87. The van der Waals surface area contributed by atoms with Crippen molar-refractivity contribution in [3.05, 3.63) is 0 Å². The number of methoxy groups -OCH3 is 1. The molecule has 0 bridgehead atoms. The maximum atomic E-state index is 9.49. The van der Waals surface area contributed by atoms with Crippen molar-refractivity contribution in [1.82, 2.24) is 5.32 Å². The van der Waals surface area contributed by atoms with Gasteiger partial charge in [-0.05, 0) is 19.3 Å². The third kappa shape index (κ3) is 4.91. The summed E-state index contributed by atoms with van der Waals surface area (Å²) in [5.41, 5.74) is 0. The first kappa shape index (κ1) is 11.9. The number of aliphatic hydroxyl groups excluding tert-OH is 1. The molecular formula is C10H21NO3. The quantitative estimate of drug-likeness (QED) is 0.551. The van der Waals surface area contributed by atoms with Crippen molar-refractivity contribution in [2.45, 2.75) is 31.5 Å². The molecule has 14 heavy (non-hydrogen) atoms. The maximum Gasteiger partial charge on any atom is 0.0897 e. The highest BCUT2D eigenvalue weighted by Gasteiger charge is 2.18. The fourth-order valence-corrected chi connectivity index (χ4v) is 1.29. The Morgan fingerprint density at radius 3 is 2.86 bits per heavy atom. The van der Waals surface area contributed by atoms with Crippen molar-refractivity contribution in [2.24, 2.45) is 0 Å². The van der Waals surface area contributed by atoms with E-state index in [1.807, 2.05) is 0 Å². The summed E-state index contributed by atoms with van der Waals surface area (Å²) in [6.07, 6.45) is 3.59. The van der Waals surface area contributed by atoms with Crippen LogP contribution >= 0.6 is 0 Å². The monoisotopic (exact) mass is 203 g/mol. The molecule has 1 atom stereocenters. The molecule has 0 aliphatic heterocycles. The van der Waals surface area contributed by atoms with E-state index in [0.29, 0.717) is 25.9 Å². The van der Waals surface area contributed by atoms with Crippen molar-refractivity contribution in [1.29, 1.82) is 0 Å². The molecule has 0 aromatic rings. The predicted octanol–water partition coefficient (Wildman–Crippen LogP) is 0.152. The van der Waals surface area contributed by atoms with Crippen LogP contribution in [0.1, 0.15) is 19.3 Å². The molecule has 0 amide bonds. The lowest BCUT2D eigenvalue weighted by Gasteiger charge is -2.26. The molecule has 0 heterocycles. The van der Waals surface area contributed by atoms with E-state index < -0.39 is 6.10 Å². The summed E-state index contributed by atoms with van der Waals surface area (Å²) in [5, 5.41) is 12.6. The zero-order chi connectivity index (χ0) is 10.2. The van der Waals surface area contributed by atoms with E-state index >= 15 is 0 Å². The van der Waals surface area contributed by atoms with Gasteiger partial charge in [0.05, 0.1) is 25.4 Å². The van der Waals surface area contributed by atoms with Gasteiger partial charge in [-0.2, -0.15) is 0 Å². The Morgan fingerprint density at radius 2 is 2.29 bits per heavy atom. The van der Waals surface area contributed by atoms with E-state index in [4.69, 9.17) is 9.47 Å². The molecule has 0 aromatic heterocycles. The SMILES string of the molecule is COCCNCC(O)COC1CCC1. The van der Waals surface area contributed by atoms with E-state index in [2.05, 4.69) is 5.32 Å². The molecule has 0 saturated heterocycles. The first-order chi connectivity index (χ1) is 6.83. The topological polar surface area (TPSA) is 50.7 Å². The van der Waals surface area contributed by atoms with Gasteiger partial charge in [-0.15, -0.1) is 0 Å². The molecule has 4 nitrogen and oxygen atoms in total. The van der Waals surface area contributed by atoms with Gasteiger partial charge in [-0.3, -0.25) is 0 Å². The van der Waals surface area contributed by atoms with Crippen LogP contribution in [0, 0.1) is 0 Å². The number of aliphatic hydroxyl groups is 1. The molecule has 2 N–H and O–H groups in total. The molecule has 84 valence electrons. The Bertz CT molecular complexity index is 139. The average Bonchev–Trinajstić information content (AvgIpc) is 2.10. The molecule has 1 saturated carbocycles. The van der Waals surface area contributed by atoms with Crippen LogP contribution in [0.4, 0.5) is 0 Å². The van der Waals surface area contributed by atoms with Crippen LogP contribution < -0.4 is 5.32 Å². The van der Waals surface area contributed by atoms with Crippen LogP contribution in [-0.4, -0.2) is 50.7 Å². The van der Waals surface area contributed by atoms with Gasteiger partial charge in [-0.1, -0.05) is 0 Å². The summed E-state index contributed by atoms with van der Waals surface area (Å²) in [4.78, 5) is 0. The summed E-state index contributed by atoms with van der Waals surface area (Å²) in [7, 11) is 1.66. The highest BCUT2D eigenvalue weighted by atomic mass is 16.5. The number of hydrogen-bond donors (Lipinski definition) is 2. The van der Waals surface area contributed by atoms with Crippen molar-refractivity contribution in [2.75, 3.05) is 33.4 Å². The van der Waals surface area contributed by atoms with Gasteiger partial charge in [0.15, 0.2) is 0 Å². The molecule has 4 heteroatoms. The minimum absolute atomic E-state index is 0.396. The summed E-state index contributed by atoms with van der Waals surface area (Å²) >= 11 is 0. The molecule has 1 unspecified atom stereocenters. The van der Waals surface area contributed by atoms with Gasteiger partial charge in [0.25, 0.3) is 0 Å². The Hall–Kier alpha value is -0.160. The van der Waals surface area contributed by atoms with Gasteiger partial charge in [0.1, 0.15) is 0 Å². The molecule has 1 aliphatic carbocycles. The minimum Gasteiger partial charge on any atom is -0.389 e. The van der Waals surface area contributed by atoms with Crippen molar-refractivity contribution in [3.63, 3.8) is 0 Å². The highest BCUT2D eigenvalue weighted by molar-refractivity contribution is 4.70. The summed E-state index contributed by atoms with van der Waals surface area (Å²) < 4.78 is 10.3. The van der Waals surface area contributed by atoms with Crippen molar-refractivity contribution in [3.8, 4) is 0 Å². The number of hydrogen-bond acceptors (Lipinski definition) is 4. The first-order valence-electron chi connectivity index (χ1n) is 5.32. The van der Waals surface area contributed by atoms with Gasteiger partial charge in [0.2, 0.25) is 0 Å². The lowest BCUT2D eigenvalue weighted by atomic mass is 9.96. The predicted molar refractivity (Wildman–Crippen MR) is 54.3 cm³/mol. The van der Waals surface area contributed by atoms with E-state index in [0.717, 1.165) is 19.4 Å². The number of nitrogens with one attached hydrogen (secondary N) is 1. The second-order valence-corrected chi connectivity index (χ2v) is 3.74. The Kier molecular flexibility index (Phi) is 6.10. The molecule has 0 radical (unpaired) electrons. The maximum absolute atomic E-state index is 9.49. The van der Waals surface area contributed by atoms with Crippen molar-refractivity contribution >= 4 is 0 Å². The molecule has 0 spiro atoms. The first-order valence-corrected chi connectivity index (χ1v) is 5.32. The van der Waals surface area contributed by atoms with Crippen LogP contribution in [0.2, 0.25) is 0 Å². The highest BCUT2D eigenvalue weighted by Crippen LogP contribution is 2.21. The molecule has 1 rings (SSSR count). The van der Waals surface area contributed by atoms with E-state index in [-0.39, 0.29) is 0 Å². The Labute approximate surface area is 85.6 Å². The fraction of sp³-hybridized carbons (Fsp3) is 1.00. The summed E-state index contributed by atoms with van der Waals surface area (Å²) in [6.45, 7) is 2.48. The van der Waals surface area contributed by atoms with Crippen LogP contribution in [0.5, 0.6) is 0 Å². The minimum atomic E-state index is -0.396. The van der Waals surface area contributed by atoms with Crippen LogP contribution in [0.15, 0.2) is 0 Å². The standard InChI is InChI=1S/C10H21NO3/c1-13-6-5-11-7-9(12)8-14-10-3-2-4-10/h9-12H,2-8H2,1H3. The lowest BCUT2D eigenvalue weighted by Crippen LogP contribution is -2.34. The van der Waals surface area contributed by atoms with Crippen LogP contribution in [0.3, 0.4) is 0 Å². The van der Waals surface area contributed by atoms with Gasteiger partial charge < -0.3 is 19.9 Å². The molecule has 1 aliphatic rings. The van der Waals surface area contributed by atoms with Gasteiger partial charge >= 0.3 is 0 Å². The zero-order valence-electron chi connectivity index (χ0n) is 8.87. The summed E-state index contributed by atoms with van der Waals surface area (Å²) in [6, 6.07) is 0. The Balaban J connectivity index is 1.84. The summed E-state index contributed by atoms with van der Waals surface area (Å²) in [5.74, 6) is 0. The van der Waals surface area contributed by atoms with E-state index in [1.54, 1.807) is 7.11 Å². The second kappa shape index (κ2) is 7.17. The third-order valence-electron chi connectivity index (χ3n) is 2.44. The number of ether oxygens (including phenoxy) is 2. The smallest absolute Gasteiger partial charge is 0.0897 e. The number of rotatable bonds is 8. The molecule has 0 aromatic carbocycles. The largest absolute Gasteiger partial charge is 0.389 e. The van der Waals surface area contributed by atoms with Gasteiger partial charge in [-0.25, -0.2) is 0 Å². The van der Waals surface area contributed by atoms with Crippen LogP contribution in [-0.2, 0) is 9.47 Å². The Morgan fingerprint density at radius 1 is 1.50 bits per heavy atom. The average molecular weight is 203 g/mol. The fourth-order valence-electron chi connectivity index (χ4n) is 1.29. The normalized spacial score (nSPS) is 19.3. The van der Waals surface area contributed by atoms with E-state index in [1.165, 1.54) is 6.42 Å². The van der Waals surface area contributed by atoms with Crippen molar-refractivity contribution < 1.29 is 14.6 Å². The van der Waals surface area contributed by atoms with Crippen LogP contribution in [0.25, 0.3) is 0 Å². The molecular weight excluding hydrogens is 182 g/mol.